The molecule has 4 rings (SSSR count). The minimum Gasteiger partial charge on any atom is -0.293 e. The topological polar surface area (TPSA) is 39.1 Å². The molecule has 0 unspecified atom stereocenters. The Bertz CT molecular complexity index is 987. The number of hydrogen-bond donors (Lipinski definition) is 0. The van der Waals surface area contributed by atoms with Crippen LogP contribution < -0.4 is 0 Å². The number of rotatable bonds is 1. The molecule has 0 saturated carbocycles. The van der Waals surface area contributed by atoms with Crippen molar-refractivity contribution in [3.63, 3.8) is 0 Å². The van der Waals surface area contributed by atoms with Crippen molar-refractivity contribution in [3.8, 4) is 0 Å². The molecule has 0 saturated heterocycles. The van der Waals surface area contributed by atoms with Gasteiger partial charge in [-0.25, -0.2) is 0 Å². The Kier molecular flexibility index (Phi) is 3.93. The fraction of sp³-hybridized carbons (Fsp3) is 0.158. The van der Waals surface area contributed by atoms with Gasteiger partial charge in [0.25, 0.3) is 5.91 Å². The first-order valence-electron chi connectivity index (χ1n) is 7.72. The van der Waals surface area contributed by atoms with Gasteiger partial charge in [-0.3, -0.25) is 14.2 Å². The molecule has 0 bridgehead atoms. The average Bonchev–Trinajstić information content (AvgIpc) is 2.90. The number of nitrogens with zero attached hydrogens (tertiary/aromatic N) is 1. The van der Waals surface area contributed by atoms with Gasteiger partial charge < -0.3 is 0 Å². The molecule has 0 N–H and O–H groups in total. The molecular weight excluding hydrogens is 434 g/mol. The SMILES string of the molecule is O=C1CCCc2c1n(C(=O)c1ccc(Br)cc1)c1ccc(Br)cc21. The molecule has 1 aromatic heterocycles. The highest BCUT2D eigenvalue weighted by Gasteiger charge is 2.29. The number of ketones is 1. The Labute approximate surface area is 155 Å². The highest BCUT2D eigenvalue weighted by atomic mass is 79.9. The number of halogens is 2. The number of fused-ring (bicyclic) bond motifs is 3. The maximum Gasteiger partial charge on any atom is 0.262 e. The van der Waals surface area contributed by atoms with E-state index >= 15 is 0 Å². The second kappa shape index (κ2) is 5.97. The summed E-state index contributed by atoms with van der Waals surface area (Å²) >= 11 is 6.87. The lowest BCUT2D eigenvalue weighted by Gasteiger charge is -2.14. The van der Waals surface area contributed by atoms with Gasteiger partial charge in [0.15, 0.2) is 5.78 Å². The zero-order valence-electron chi connectivity index (χ0n) is 12.7. The van der Waals surface area contributed by atoms with Gasteiger partial charge >= 0.3 is 0 Å². The van der Waals surface area contributed by atoms with Gasteiger partial charge in [0.05, 0.1) is 11.2 Å². The van der Waals surface area contributed by atoms with Crippen LogP contribution in [0.15, 0.2) is 51.4 Å². The zero-order chi connectivity index (χ0) is 16.8. The third-order valence-corrected chi connectivity index (χ3v) is 5.44. The molecule has 1 heterocycles. The molecule has 1 aliphatic carbocycles. The minimum absolute atomic E-state index is 0.0500. The van der Waals surface area contributed by atoms with Crippen molar-refractivity contribution in [3.05, 3.63) is 68.2 Å². The summed E-state index contributed by atoms with van der Waals surface area (Å²) in [5.74, 6) is -0.111. The van der Waals surface area contributed by atoms with Crippen molar-refractivity contribution in [1.82, 2.24) is 4.57 Å². The summed E-state index contributed by atoms with van der Waals surface area (Å²) in [5, 5.41) is 0.984. The molecule has 1 aliphatic rings. The molecular formula is C19H13Br2NO2. The molecule has 24 heavy (non-hydrogen) atoms. The average molecular weight is 447 g/mol. The molecule has 0 aliphatic heterocycles. The number of hydrogen-bond acceptors (Lipinski definition) is 2. The van der Waals surface area contributed by atoms with Gasteiger partial charge in [0.2, 0.25) is 0 Å². The van der Waals surface area contributed by atoms with E-state index in [4.69, 9.17) is 0 Å². The Morgan fingerprint density at radius 2 is 1.67 bits per heavy atom. The first-order chi connectivity index (χ1) is 11.6. The minimum atomic E-state index is -0.161. The summed E-state index contributed by atoms with van der Waals surface area (Å²) in [5.41, 5.74) is 2.92. The van der Waals surface area contributed by atoms with Gasteiger partial charge in [-0.05, 0) is 60.9 Å². The summed E-state index contributed by atoms with van der Waals surface area (Å²) in [6.07, 6.45) is 2.16. The first-order valence-corrected chi connectivity index (χ1v) is 9.31. The summed E-state index contributed by atoms with van der Waals surface area (Å²) in [4.78, 5) is 25.7. The Morgan fingerprint density at radius 3 is 2.42 bits per heavy atom. The third-order valence-electron chi connectivity index (χ3n) is 4.42. The van der Waals surface area contributed by atoms with Gasteiger partial charge in [-0.2, -0.15) is 0 Å². The van der Waals surface area contributed by atoms with Gasteiger partial charge in [0.1, 0.15) is 0 Å². The van der Waals surface area contributed by atoms with E-state index in [1.807, 2.05) is 30.3 Å². The molecule has 0 radical (unpaired) electrons. The fourth-order valence-electron chi connectivity index (χ4n) is 3.35. The summed E-state index contributed by atoms with van der Waals surface area (Å²) in [6.45, 7) is 0. The molecule has 3 nitrogen and oxygen atoms in total. The number of aryl methyl sites for hydroxylation is 1. The van der Waals surface area contributed by atoms with Crippen LogP contribution in [-0.2, 0) is 6.42 Å². The second-order valence-electron chi connectivity index (χ2n) is 5.91. The fourth-order valence-corrected chi connectivity index (χ4v) is 3.98. The highest BCUT2D eigenvalue weighted by molar-refractivity contribution is 9.10. The van der Waals surface area contributed by atoms with Crippen LogP contribution in [-0.4, -0.2) is 16.3 Å². The van der Waals surface area contributed by atoms with Crippen molar-refractivity contribution in [2.24, 2.45) is 0 Å². The Balaban J connectivity index is 2.00. The van der Waals surface area contributed by atoms with Crippen molar-refractivity contribution in [1.29, 1.82) is 0 Å². The van der Waals surface area contributed by atoms with E-state index in [0.717, 1.165) is 38.3 Å². The van der Waals surface area contributed by atoms with E-state index < -0.39 is 0 Å². The van der Waals surface area contributed by atoms with Crippen LogP contribution in [0.25, 0.3) is 10.9 Å². The molecule has 0 fully saturated rings. The second-order valence-corrected chi connectivity index (χ2v) is 7.74. The van der Waals surface area contributed by atoms with E-state index in [9.17, 15) is 9.59 Å². The lowest BCUT2D eigenvalue weighted by atomic mass is 9.94. The van der Waals surface area contributed by atoms with Crippen molar-refractivity contribution in [2.75, 3.05) is 0 Å². The summed E-state index contributed by atoms with van der Waals surface area (Å²) in [7, 11) is 0. The predicted molar refractivity (Wildman–Crippen MR) is 101 cm³/mol. The normalized spacial score (nSPS) is 14.0. The van der Waals surface area contributed by atoms with Crippen LogP contribution in [0.2, 0.25) is 0 Å². The smallest absolute Gasteiger partial charge is 0.262 e. The molecule has 0 atom stereocenters. The third kappa shape index (κ3) is 2.47. The standard InChI is InChI=1S/C19H13Br2NO2/c20-12-6-4-11(5-7-12)19(24)22-16-9-8-13(21)10-15(16)14-2-1-3-17(23)18(14)22/h4-10H,1-3H2. The predicted octanol–water partition coefficient (Wildman–Crippen LogP) is 5.37. The van der Waals surface area contributed by atoms with Gasteiger partial charge in [0, 0.05) is 26.3 Å². The Hall–Kier alpha value is -1.72. The van der Waals surface area contributed by atoms with Gasteiger partial charge in [-0.1, -0.05) is 31.9 Å². The lowest BCUT2D eigenvalue weighted by molar-refractivity contribution is 0.0913. The number of Topliss-reactive ketones (excluding diaryl/α,β-unsaturated/α-hetero) is 1. The van der Waals surface area contributed by atoms with Crippen LogP contribution in [0.1, 0.15) is 39.3 Å². The van der Waals surface area contributed by atoms with Crippen LogP contribution in [0.3, 0.4) is 0 Å². The zero-order valence-corrected chi connectivity index (χ0v) is 15.9. The first kappa shape index (κ1) is 15.8. The van der Waals surface area contributed by atoms with Crippen molar-refractivity contribution in [2.45, 2.75) is 19.3 Å². The summed E-state index contributed by atoms with van der Waals surface area (Å²) < 4.78 is 3.46. The number of benzene rings is 2. The maximum atomic E-state index is 13.1. The molecule has 120 valence electrons. The van der Waals surface area contributed by atoms with Crippen LogP contribution >= 0.6 is 31.9 Å². The van der Waals surface area contributed by atoms with Crippen LogP contribution in [0.4, 0.5) is 0 Å². The molecule has 5 heteroatoms. The molecule has 2 aromatic carbocycles. The largest absolute Gasteiger partial charge is 0.293 e. The van der Waals surface area contributed by atoms with Crippen molar-refractivity contribution >= 4 is 54.5 Å². The molecule has 3 aromatic rings. The summed E-state index contributed by atoms with van der Waals surface area (Å²) in [6, 6.07) is 13.0. The molecule has 0 spiro atoms. The van der Waals surface area contributed by atoms with E-state index in [1.165, 1.54) is 0 Å². The van der Waals surface area contributed by atoms with Crippen LogP contribution in [0, 0.1) is 0 Å². The van der Waals surface area contributed by atoms with E-state index in [0.29, 0.717) is 17.7 Å². The number of aromatic nitrogens is 1. The molecule has 0 amide bonds. The quantitative estimate of drug-likeness (QED) is 0.503. The van der Waals surface area contributed by atoms with Crippen molar-refractivity contribution < 1.29 is 9.59 Å². The maximum absolute atomic E-state index is 13.1. The van der Waals surface area contributed by atoms with Gasteiger partial charge in [-0.15, -0.1) is 0 Å². The van der Waals surface area contributed by atoms with E-state index in [-0.39, 0.29) is 11.7 Å². The van der Waals surface area contributed by atoms with Crippen LogP contribution in [0.5, 0.6) is 0 Å². The van der Waals surface area contributed by atoms with E-state index in [2.05, 4.69) is 31.9 Å². The van der Waals surface area contributed by atoms with E-state index in [1.54, 1.807) is 16.7 Å². The lowest BCUT2D eigenvalue weighted by Crippen LogP contribution is -2.21. The highest BCUT2D eigenvalue weighted by Crippen LogP contribution is 2.34. The Morgan fingerprint density at radius 1 is 0.958 bits per heavy atom. The number of carbonyl (C=O) groups is 2. The monoisotopic (exact) mass is 445 g/mol. The number of carbonyl (C=O) groups excluding carboxylic acids is 2.